The van der Waals surface area contributed by atoms with Gasteiger partial charge in [-0.3, -0.25) is 10.1 Å². The predicted molar refractivity (Wildman–Crippen MR) is 57.9 cm³/mol. The third-order valence-corrected chi connectivity index (χ3v) is 2.04. The molecule has 16 heavy (non-hydrogen) atoms. The number of nitrogens with two attached hydrogens (primary N) is 1. The monoisotopic (exact) mass is 227 g/mol. The molecule has 0 saturated carbocycles. The van der Waals surface area contributed by atoms with Gasteiger partial charge in [0.1, 0.15) is 6.20 Å². The summed E-state index contributed by atoms with van der Waals surface area (Å²) in [5, 5.41) is 22.2. The van der Waals surface area contributed by atoms with Gasteiger partial charge in [-0.15, -0.1) is 0 Å². The molecule has 1 aromatic rings. The Morgan fingerprint density at radius 1 is 1.75 bits per heavy atom. The van der Waals surface area contributed by atoms with E-state index in [0.29, 0.717) is 6.42 Å². The van der Waals surface area contributed by atoms with E-state index in [4.69, 9.17) is 10.8 Å². The van der Waals surface area contributed by atoms with E-state index in [1.54, 1.807) is 0 Å². The van der Waals surface area contributed by atoms with Crippen LogP contribution in [0.4, 0.5) is 17.5 Å². The Morgan fingerprint density at radius 3 is 2.88 bits per heavy atom. The van der Waals surface area contributed by atoms with Crippen LogP contribution in [0.15, 0.2) is 6.20 Å². The molecule has 0 amide bonds. The van der Waals surface area contributed by atoms with Crippen molar-refractivity contribution in [1.82, 2.24) is 9.97 Å². The molecule has 8 heteroatoms. The Balaban J connectivity index is 2.84. The number of aliphatic hydroxyl groups excluding tert-OH is 1. The van der Waals surface area contributed by atoms with Crippen LogP contribution < -0.4 is 11.1 Å². The Morgan fingerprint density at radius 2 is 2.44 bits per heavy atom. The van der Waals surface area contributed by atoms with Crippen LogP contribution in [-0.4, -0.2) is 32.6 Å². The van der Waals surface area contributed by atoms with E-state index < -0.39 is 4.92 Å². The molecule has 1 heterocycles. The fourth-order valence-corrected chi connectivity index (χ4v) is 1.06. The van der Waals surface area contributed by atoms with Crippen LogP contribution in [0.3, 0.4) is 0 Å². The smallest absolute Gasteiger partial charge is 0.329 e. The van der Waals surface area contributed by atoms with Gasteiger partial charge in [-0.1, -0.05) is 6.92 Å². The minimum atomic E-state index is -0.650. The highest BCUT2D eigenvalue weighted by atomic mass is 16.6. The minimum Gasteiger partial charge on any atom is -0.394 e. The number of anilines is 2. The lowest BCUT2D eigenvalue weighted by atomic mass is 10.2. The number of nitrogens with zero attached hydrogens (tertiary/aromatic N) is 3. The zero-order valence-corrected chi connectivity index (χ0v) is 8.75. The van der Waals surface area contributed by atoms with Crippen molar-refractivity contribution in [3.8, 4) is 0 Å². The normalized spacial score (nSPS) is 12.1. The van der Waals surface area contributed by atoms with E-state index in [0.717, 1.165) is 6.20 Å². The predicted octanol–water partition coefficient (Wildman–Crippen LogP) is 0.150. The maximum absolute atomic E-state index is 10.5. The number of hydrogen-bond acceptors (Lipinski definition) is 7. The van der Waals surface area contributed by atoms with E-state index in [2.05, 4.69) is 15.3 Å². The molecule has 0 fully saturated rings. The van der Waals surface area contributed by atoms with Gasteiger partial charge < -0.3 is 16.2 Å². The van der Waals surface area contributed by atoms with Gasteiger partial charge in [0, 0.05) is 0 Å². The average molecular weight is 227 g/mol. The summed E-state index contributed by atoms with van der Waals surface area (Å²) in [6, 6.07) is -0.194. The Labute approximate surface area is 91.7 Å². The van der Waals surface area contributed by atoms with Crippen LogP contribution in [0.25, 0.3) is 0 Å². The SMILES string of the molecule is CC[C@H](CO)Nc1ncc([N+](=O)[O-])c(N)n1. The van der Waals surface area contributed by atoms with Gasteiger partial charge in [-0.25, -0.2) is 4.98 Å². The van der Waals surface area contributed by atoms with Crippen LogP contribution in [0, 0.1) is 10.1 Å². The Bertz CT molecular complexity index is 380. The number of aliphatic hydroxyl groups is 1. The first-order valence-electron chi connectivity index (χ1n) is 4.72. The molecule has 1 rings (SSSR count). The number of rotatable bonds is 5. The van der Waals surface area contributed by atoms with Crippen molar-refractivity contribution in [2.45, 2.75) is 19.4 Å². The van der Waals surface area contributed by atoms with Gasteiger partial charge in [0.25, 0.3) is 0 Å². The lowest BCUT2D eigenvalue weighted by Crippen LogP contribution is -2.24. The first-order chi connectivity index (χ1) is 7.58. The van der Waals surface area contributed by atoms with Crippen LogP contribution >= 0.6 is 0 Å². The highest BCUT2D eigenvalue weighted by Gasteiger charge is 2.15. The van der Waals surface area contributed by atoms with Crippen LogP contribution in [0.5, 0.6) is 0 Å². The summed E-state index contributed by atoms with van der Waals surface area (Å²) in [6.45, 7) is 1.80. The van der Waals surface area contributed by atoms with E-state index in [9.17, 15) is 10.1 Å². The molecule has 4 N–H and O–H groups in total. The van der Waals surface area contributed by atoms with Gasteiger partial charge in [-0.2, -0.15) is 4.98 Å². The van der Waals surface area contributed by atoms with Crippen molar-refractivity contribution in [2.24, 2.45) is 0 Å². The third-order valence-electron chi connectivity index (χ3n) is 2.04. The van der Waals surface area contributed by atoms with Crippen molar-refractivity contribution in [3.63, 3.8) is 0 Å². The average Bonchev–Trinajstić information content (AvgIpc) is 2.25. The number of hydrogen-bond donors (Lipinski definition) is 3. The molecule has 0 bridgehead atoms. The van der Waals surface area contributed by atoms with Crippen molar-refractivity contribution >= 4 is 17.5 Å². The molecular weight excluding hydrogens is 214 g/mol. The number of nitro groups is 1. The first kappa shape index (κ1) is 12.1. The molecule has 0 aliphatic rings. The molecule has 8 nitrogen and oxygen atoms in total. The number of nitrogen functional groups attached to an aromatic ring is 1. The summed E-state index contributed by atoms with van der Waals surface area (Å²) in [5.74, 6) is -0.0284. The lowest BCUT2D eigenvalue weighted by Gasteiger charge is -2.13. The van der Waals surface area contributed by atoms with Gasteiger partial charge >= 0.3 is 5.69 Å². The third kappa shape index (κ3) is 2.76. The summed E-state index contributed by atoms with van der Waals surface area (Å²) in [5.41, 5.74) is 5.05. The Hall–Kier alpha value is -1.96. The van der Waals surface area contributed by atoms with Crippen molar-refractivity contribution in [3.05, 3.63) is 16.3 Å². The summed E-state index contributed by atoms with van der Waals surface area (Å²) >= 11 is 0. The van der Waals surface area contributed by atoms with Gasteiger partial charge in [0.15, 0.2) is 0 Å². The fraction of sp³-hybridized carbons (Fsp3) is 0.500. The van der Waals surface area contributed by atoms with E-state index in [1.807, 2.05) is 6.92 Å². The van der Waals surface area contributed by atoms with Gasteiger partial charge in [-0.05, 0) is 6.42 Å². The molecule has 0 saturated heterocycles. The van der Waals surface area contributed by atoms with Crippen molar-refractivity contribution in [1.29, 1.82) is 0 Å². The molecule has 0 aliphatic heterocycles. The molecule has 0 radical (unpaired) electrons. The van der Waals surface area contributed by atoms with Gasteiger partial charge in [0.2, 0.25) is 11.8 Å². The second-order valence-corrected chi connectivity index (χ2v) is 3.15. The molecule has 1 aromatic heterocycles. The highest BCUT2D eigenvalue weighted by molar-refractivity contribution is 5.53. The van der Waals surface area contributed by atoms with E-state index in [-0.39, 0.29) is 30.1 Å². The first-order valence-corrected chi connectivity index (χ1v) is 4.72. The van der Waals surface area contributed by atoms with Gasteiger partial charge in [0.05, 0.1) is 17.6 Å². The van der Waals surface area contributed by atoms with Crippen LogP contribution in [0.2, 0.25) is 0 Å². The molecule has 0 unspecified atom stereocenters. The topological polar surface area (TPSA) is 127 Å². The maximum atomic E-state index is 10.5. The van der Waals surface area contributed by atoms with E-state index >= 15 is 0 Å². The number of aromatic nitrogens is 2. The zero-order chi connectivity index (χ0) is 12.1. The Kier molecular flexibility index (Phi) is 3.95. The summed E-state index contributed by atoms with van der Waals surface area (Å²) < 4.78 is 0. The minimum absolute atomic E-state index is 0.0727. The number of nitrogens with one attached hydrogen (secondary N) is 1. The molecule has 0 spiro atoms. The van der Waals surface area contributed by atoms with Crippen molar-refractivity contribution in [2.75, 3.05) is 17.7 Å². The van der Waals surface area contributed by atoms with E-state index in [1.165, 1.54) is 0 Å². The standard InChI is InChI=1S/C8H13N5O3/c1-2-5(4-14)11-8-10-3-6(13(15)16)7(9)12-8/h3,5,14H,2,4H2,1H3,(H3,9,10,11,12)/t5-/m1/s1. The molecule has 0 aromatic carbocycles. The van der Waals surface area contributed by atoms with Crippen LogP contribution in [0.1, 0.15) is 13.3 Å². The fourth-order valence-electron chi connectivity index (χ4n) is 1.06. The quantitative estimate of drug-likeness (QED) is 0.482. The maximum Gasteiger partial charge on any atom is 0.329 e. The molecule has 0 aliphatic carbocycles. The highest BCUT2D eigenvalue weighted by Crippen LogP contribution is 2.18. The second kappa shape index (κ2) is 5.21. The van der Waals surface area contributed by atoms with Crippen LogP contribution in [-0.2, 0) is 0 Å². The lowest BCUT2D eigenvalue weighted by molar-refractivity contribution is -0.384. The summed E-state index contributed by atoms with van der Waals surface area (Å²) in [4.78, 5) is 17.3. The van der Waals surface area contributed by atoms with Crippen molar-refractivity contribution < 1.29 is 10.0 Å². The molecule has 1 atom stereocenters. The molecular formula is C8H13N5O3. The largest absolute Gasteiger partial charge is 0.394 e. The zero-order valence-electron chi connectivity index (χ0n) is 8.75. The summed E-state index contributed by atoms with van der Waals surface area (Å²) in [7, 11) is 0. The summed E-state index contributed by atoms with van der Waals surface area (Å²) in [6.07, 6.45) is 1.71. The molecule has 88 valence electrons. The second-order valence-electron chi connectivity index (χ2n) is 3.15.